The molecule has 104 valence electrons. The highest BCUT2D eigenvalue weighted by atomic mass is 16.4. The molecule has 1 aromatic rings. The first-order valence-electron chi connectivity index (χ1n) is 6.18. The third-order valence-corrected chi connectivity index (χ3v) is 2.43. The smallest absolute Gasteiger partial charge is 0.339 e. The Kier molecular flexibility index (Phi) is 5.78. The molecular weight excluding hydrogens is 246 g/mol. The van der Waals surface area contributed by atoms with Gasteiger partial charge < -0.3 is 15.7 Å². The number of carbonyl (C=O) groups is 2. The van der Waals surface area contributed by atoms with Crippen LogP contribution >= 0.6 is 0 Å². The number of nitrogens with zero attached hydrogens (tertiary/aromatic N) is 1. The van der Waals surface area contributed by atoms with Gasteiger partial charge in [0.05, 0.1) is 5.69 Å². The van der Waals surface area contributed by atoms with Gasteiger partial charge in [0, 0.05) is 31.9 Å². The SMILES string of the molecule is CC(C)CNC(=O)CCNc1ccncc1C(=O)O. The normalized spacial score (nSPS) is 10.3. The molecule has 0 unspecified atom stereocenters. The van der Waals surface area contributed by atoms with Crippen LogP contribution in [0.3, 0.4) is 0 Å². The van der Waals surface area contributed by atoms with Crippen LogP contribution in [0.5, 0.6) is 0 Å². The van der Waals surface area contributed by atoms with Gasteiger partial charge in [-0.2, -0.15) is 0 Å². The lowest BCUT2D eigenvalue weighted by Crippen LogP contribution is -2.28. The van der Waals surface area contributed by atoms with Crippen molar-refractivity contribution in [2.75, 3.05) is 18.4 Å². The Labute approximate surface area is 112 Å². The summed E-state index contributed by atoms with van der Waals surface area (Å²) in [6.07, 6.45) is 3.09. The van der Waals surface area contributed by atoms with Crippen molar-refractivity contribution in [2.24, 2.45) is 5.92 Å². The first kappa shape index (κ1) is 14.9. The molecule has 1 heterocycles. The van der Waals surface area contributed by atoms with Gasteiger partial charge in [0.15, 0.2) is 0 Å². The van der Waals surface area contributed by atoms with Crippen molar-refractivity contribution in [1.82, 2.24) is 10.3 Å². The molecule has 1 aromatic heterocycles. The van der Waals surface area contributed by atoms with Gasteiger partial charge >= 0.3 is 5.97 Å². The lowest BCUT2D eigenvalue weighted by molar-refractivity contribution is -0.120. The number of carboxylic acids is 1. The maximum atomic E-state index is 11.5. The minimum atomic E-state index is -1.04. The number of hydrogen-bond donors (Lipinski definition) is 3. The quantitative estimate of drug-likeness (QED) is 0.692. The Morgan fingerprint density at radius 1 is 1.42 bits per heavy atom. The zero-order valence-corrected chi connectivity index (χ0v) is 11.1. The summed E-state index contributed by atoms with van der Waals surface area (Å²) in [7, 11) is 0. The molecular formula is C13H19N3O3. The van der Waals surface area contributed by atoms with Gasteiger partial charge in [-0.25, -0.2) is 4.79 Å². The minimum Gasteiger partial charge on any atom is -0.478 e. The predicted molar refractivity (Wildman–Crippen MR) is 72.2 cm³/mol. The molecule has 0 saturated heterocycles. The van der Waals surface area contributed by atoms with Crippen molar-refractivity contribution in [3.05, 3.63) is 24.0 Å². The van der Waals surface area contributed by atoms with Crippen LogP contribution in [0.1, 0.15) is 30.6 Å². The molecule has 0 radical (unpaired) electrons. The molecule has 0 fully saturated rings. The maximum absolute atomic E-state index is 11.5. The molecule has 0 aliphatic rings. The van der Waals surface area contributed by atoms with E-state index in [1.54, 1.807) is 6.07 Å². The summed E-state index contributed by atoms with van der Waals surface area (Å²) < 4.78 is 0. The molecule has 1 amide bonds. The first-order valence-corrected chi connectivity index (χ1v) is 6.18. The van der Waals surface area contributed by atoms with Crippen molar-refractivity contribution in [1.29, 1.82) is 0 Å². The third kappa shape index (κ3) is 5.37. The molecule has 6 heteroatoms. The molecule has 0 bridgehead atoms. The van der Waals surface area contributed by atoms with Gasteiger partial charge in [-0.1, -0.05) is 13.8 Å². The molecule has 0 saturated carbocycles. The highest BCUT2D eigenvalue weighted by Gasteiger charge is 2.09. The largest absolute Gasteiger partial charge is 0.478 e. The van der Waals surface area contributed by atoms with Gasteiger partial charge in [0.1, 0.15) is 5.56 Å². The topological polar surface area (TPSA) is 91.3 Å². The third-order valence-electron chi connectivity index (χ3n) is 2.43. The number of hydrogen-bond acceptors (Lipinski definition) is 4. The number of anilines is 1. The highest BCUT2D eigenvalue weighted by molar-refractivity contribution is 5.93. The summed E-state index contributed by atoms with van der Waals surface area (Å²) in [5.41, 5.74) is 0.573. The first-order chi connectivity index (χ1) is 9.00. The van der Waals surface area contributed by atoms with Gasteiger partial charge in [-0.15, -0.1) is 0 Å². The Hall–Kier alpha value is -2.11. The van der Waals surface area contributed by atoms with Gasteiger partial charge in [-0.3, -0.25) is 9.78 Å². The Balaban J connectivity index is 2.41. The van der Waals surface area contributed by atoms with Gasteiger partial charge in [0.25, 0.3) is 0 Å². The summed E-state index contributed by atoms with van der Waals surface area (Å²) >= 11 is 0. The van der Waals surface area contributed by atoms with E-state index < -0.39 is 5.97 Å². The van der Waals surface area contributed by atoms with E-state index in [2.05, 4.69) is 15.6 Å². The van der Waals surface area contributed by atoms with Crippen molar-refractivity contribution >= 4 is 17.6 Å². The molecule has 3 N–H and O–H groups in total. The lowest BCUT2D eigenvalue weighted by atomic mass is 10.2. The van der Waals surface area contributed by atoms with Gasteiger partial charge in [0.2, 0.25) is 5.91 Å². The standard InChI is InChI=1S/C13H19N3O3/c1-9(2)7-16-12(17)4-6-15-11-3-5-14-8-10(11)13(18)19/h3,5,8-9H,4,6-7H2,1-2H3,(H,14,15)(H,16,17)(H,18,19). The Morgan fingerprint density at radius 3 is 2.79 bits per heavy atom. The van der Waals surface area contributed by atoms with Crippen molar-refractivity contribution < 1.29 is 14.7 Å². The molecule has 0 aliphatic heterocycles. The van der Waals surface area contributed by atoms with E-state index in [-0.39, 0.29) is 11.5 Å². The van der Waals surface area contributed by atoms with E-state index in [1.165, 1.54) is 12.4 Å². The summed E-state index contributed by atoms with van der Waals surface area (Å²) in [5, 5.41) is 14.7. The van der Waals surface area contributed by atoms with Crippen LogP contribution in [0.15, 0.2) is 18.5 Å². The van der Waals surface area contributed by atoms with Crippen LogP contribution in [-0.4, -0.2) is 35.1 Å². The molecule has 0 aromatic carbocycles. The zero-order valence-electron chi connectivity index (χ0n) is 11.1. The van der Waals surface area contributed by atoms with E-state index >= 15 is 0 Å². The van der Waals surface area contributed by atoms with E-state index in [0.717, 1.165) is 0 Å². The average Bonchev–Trinajstić information content (AvgIpc) is 2.36. The number of nitrogens with one attached hydrogen (secondary N) is 2. The molecule has 19 heavy (non-hydrogen) atoms. The molecule has 0 aliphatic carbocycles. The fraction of sp³-hybridized carbons (Fsp3) is 0.462. The molecule has 0 spiro atoms. The summed E-state index contributed by atoms with van der Waals surface area (Å²) in [5.74, 6) is -0.678. The van der Waals surface area contributed by atoms with E-state index in [4.69, 9.17) is 5.11 Å². The average molecular weight is 265 g/mol. The second kappa shape index (κ2) is 7.35. The maximum Gasteiger partial charge on any atom is 0.339 e. The highest BCUT2D eigenvalue weighted by Crippen LogP contribution is 2.12. The van der Waals surface area contributed by atoms with Crippen LogP contribution in [0.2, 0.25) is 0 Å². The molecule has 0 atom stereocenters. The molecule has 1 rings (SSSR count). The monoisotopic (exact) mass is 265 g/mol. The van der Waals surface area contributed by atoms with E-state index in [9.17, 15) is 9.59 Å². The fourth-order valence-corrected chi connectivity index (χ4v) is 1.44. The number of aromatic carboxylic acids is 1. The number of carboxylic acid groups (broad SMARTS) is 1. The Morgan fingerprint density at radius 2 is 2.16 bits per heavy atom. The number of pyridine rings is 1. The zero-order chi connectivity index (χ0) is 14.3. The molecule has 6 nitrogen and oxygen atoms in total. The fourth-order valence-electron chi connectivity index (χ4n) is 1.44. The second-order valence-electron chi connectivity index (χ2n) is 4.60. The second-order valence-corrected chi connectivity index (χ2v) is 4.60. The lowest BCUT2D eigenvalue weighted by Gasteiger charge is -2.10. The van der Waals surface area contributed by atoms with E-state index in [0.29, 0.717) is 31.1 Å². The van der Waals surface area contributed by atoms with Crippen molar-refractivity contribution in [3.63, 3.8) is 0 Å². The summed E-state index contributed by atoms with van der Waals surface area (Å²) in [4.78, 5) is 26.2. The number of amides is 1. The van der Waals surface area contributed by atoms with Crippen LogP contribution in [0.4, 0.5) is 5.69 Å². The van der Waals surface area contributed by atoms with E-state index in [1.807, 2.05) is 13.8 Å². The van der Waals surface area contributed by atoms with Crippen LogP contribution < -0.4 is 10.6 Å². The van der Waals surface area contributed by atoms with Crippen LogP contribution in [0, 0.1) is 5.92 Å². The Bertz CT molecular complexity index is 447. The summed E-state index contributed by atoms with van der Waals surface area (Å²) in [6, 6.07) is 1.58. The number of rotatable bonds is 7. The predicted octanol–water partition coefficient (Wildman–Crippen LogP) is 1.35. The number of aromatic nitrogens is 1. The van der Waals surface area contributed by atoms with Crippen molar-refractivity contribution in [3.8, 4) is 0 Å². The van der Waals surface area contributed by atoms with Crippen LogP contribution in [-0.2, 0) is 4.79 Å². The van der Waals surface area contributed by atoms with Crippen LogP contribution in [0.25, 0.3) is 0 Å². The van der Waals surface area contributed by atoms with Crippen molar-refractivity contribution in [2.45, 2.75) is 20.3 Å². The number of carbonyl (C=O) groups excluding carboxylic acids is 1. The van der Waals surface area contributed by atoms with Gasteiger partial charge in [-0.05, 0) is 12.0 Å². The summed E-state index contributed by atoms with van der Waals surface area (Å²) in [6.45, 7) is 5.08. The minimum absolute atomic E-state index is 0.0490.